The first kappa shape index (κ1) is 13.8. The van der Waals surface area contributed by atoms with Gasteiger partial charge in [-0.05, 0) is 18.2 Å². The quantitative estimate of drug-likeness (QED) is 0.867. The molecule has 20 heavy (non-hydrogen) atoms. The van der Waals surface area contributed by atoms with Crippen molar-refractivity contribution < 1.29 is 9.22 Å². The molecule has 1 aromatic carbocycles. The van der Waals surface area contributed by atoms with Crippen molar-refractivity contribution in [2.45, 2.75) is 0 Å². The summed E-state index contributed by atoms with van der Waals surface area (Å²) in [6, 6.07) is 8.94. The van der Waals surface area contributed by atoms with E-state index in [4.69, 9.17) is 10.5 Å². The van der Waals surface area contributed by atoms with Crippen molar-refractivity contribution in [2.24, 2.45) is 5.73 Å². The third-order valence-corrected chi connectivity index (χ3v) is 2.68. The van der Waals surface area contributed by atoms with Crippen LogP contribution in [0.15, 0.2) is 36.9 Å². The normalized spacial score (nSPS) is 10.2. The average Bonchev–Trinajstić information content (AvgIpc) is 2.46. The van der Waals surface area contributed by atoms with Crippen LogP contribution in [0.2, 0.25) is 0 Å². The summed E-state index contributed by atoms with van der Waals surface area (Å²) in [6.45, 7) is 3.62. The highest BCUT2D eigenvalue weighted by atomic mass is 19.2. The zero-order valence-electron chi connectivity index (χ0n) is 11.3. The number of benzene rings is 1. The summed E-state index contributed by atoms with van der Waals surface area (Å²) in [7, 11) is 2.79. The molecule has 0 bridgehead atoms. The fourth-order valence-electron chi connectivity index (χ4n) is 1.67. The first-order chi connectivity index (χ1) is 9.51. The fraction of sp³-hybridized carbons (Fsp3) is 0.143. The van der Waals surface area contributed by atoms with Crippen LogP contribution in [-0.2, 0) is 0 Å². The van der Waals surface area contributed by atoms with Crippen molar-refractivity contribution in [3.8, 4) is 17.0 Å². The molecule has 1 heterocycles. The SMILES string of the molecule is C=C(N)c1cc(-c2cccc(OC)c2)nc(N(C)F)n1. The number of halogens is 1. The summed E-state index contributed by atoms with van der Waals surface area (Å²) < 4.78 is 18.5. The first-order valence-electron chi connectivity index (χ1n) is 5.89. The van der Waals surface area contributed by atoms with Crippen LogP contribution in [0.4, 0.5) is 10.4 Å². The third-order valence-electron chi connectivity index (χ3n) is 2.68. The van der Waals surface area contributed by atoms with Crippen molar-refractivity contribution in [1.82, 2.24) is 9.97 Å². The molecule has 0 aliphatic carbocycles. The molecule has 0 saturated heterocycles. The Bertz CT molecular complexity index is 643. The van der Waals surface area contributed by atoms with Gasteiger partial charge in [-0.15, -0.1) is 0 Å². The van der Waals surface area contributed by atoms with E-state index in [1.807, 2.05) is 18.2 Å². The van der Waals surface area contributed by atoms with Crippen molar-refractivity contribution in [3.05, 3.63) is 42.6 Å². The molecular weight excluding hydrogens is 259 g/mol. The van der Waals surface area contributed by atoms with Gasteiger partial charge in [0, 0.05) is 12.6 Å². The topological polar surface area (TPSA) is 64.3 Å². The van der Waals surface area contributed by atoms with Crippen LogP contribution in [-0.4, -0.2) is 24.1 Å². The number of methoxy groups -OCH3 is 1. The van der Waals surface area contributed by atoms with Crippen LogP contribution in [0.25, 0.3) is 17.0 Å². The minimum absolute atomic E-state index is 0.0769. The lowest BCUT2D eigenvalue weighted by atomic mass is 10.1. The molecule has 2 aromatic rings. The maximum atomic E-state index is 13.3. The van der Waals surface area contributed by atoms with Crippen LogP contribution < -0.4 is 15.6 Å². The number of nitrogens with zero attached hydrogens (tertiary/aromatic N) is 3. The van der Waals surface area contributed by atoms with Gasteiger partial charge in [0.2, 0.25) is 0 Å². The van der Waals surface area contributed by atoms with Crippen LogP contribution in [0.1, 0.15) is 5.69 Å². The predicted molar refractivity (Wildman–Crippen MR) is 76.8 cm³/mol. The number of ether oxygens (including phenoxy) is 1. The van der Waals surface area contributed by atoms with E-state index in [1.165, 1.54) is 7.05 Å². The highest BCUT2D eigenvalue weighted by molar-refractivity contribution is 5.68. The minimum Gasteiger partial charge on any atom is -0.497 e. The van der Waals surface area contributed by atoms with Gasteiger partial charge < -0.3 is 10.5 Å². The molecule has 104 valence electrons. The molecule has 0 saturated carbocycles. The van der Waals surface area contributed by atoms with Gasteiger partial charge in [0.1, 0.15) is 5.75 Å². The Morgan fingerprint density at radius 1 is 1.35 bits per heavy atom. The predicted octanol–water partition coefficient (Wildman–Crippen LogP) is 2.40. The van der Waals surface area contributed by atoms with E-state index in [1.54, 1.807) is 19.2 Å². The summed E-state index contributed by atoms with van der Waals surface area (Å²) in [4.78, 5) is 8.13. The maximum Gasteiger partial charge on any atom is 0.254 e. The monoisotopic (exact) mass is 274 g/mol. The Balaban J connectivity index is 2.57. The highest BCUT2D eigenvalue weighted by Gasteiger charge is 2.11. The summed E-state index contributed by atoms with van der Waals surface area (Å²) in [6.07, 6.45) is 0. The lowest BCUT2D eigenvalue weighted by molar-refractivity contribution is 0.415. The number of anilines is 1. The van der Waals surface area contributed by atoms with Gasteiger partial charge in [-0.25, -0.2) is 9.97 Å². The number of rotatable bonds is 4. The smallest absolute Gasteiger partial charge is 0.254 e. The second-order valence-electron chi connectivity index (χ2n) is 4.17. The molecule has 5 nitrogen and oxygen atoms in total. The van der Waals surface area contributed by atoms with Crippen molar-refractivity contribution in [3.63, 3.8) is 0 Å². The second-order valence-corrected chi connectivity index (χ2v) is 4.17. The molecule has 0 aliphatic rings. The lowest BCUT2D eigenvalue weighted by Crippen LogP contribution is -2.10. The van der Waals surface area contributed by atoms with Gasteiger partial charge in [-0.1, -0.05) is 23.2 Å². The van der Waals surface area contributed by atoms with Crippen LogP contribution >= 0.6 is 0 Å². The number of hydrogen-bond donors (Lipinski definition) is 1. The molecule has 6 heteroatoms. The van der Waals surface area contributed by atoms with Crippen molar-refractivity contribution in [1.29, 1.82) is 0 Å². The van der Waals surface area contributed by atoms with Gasteiger partial charge in [0.25, 0.3) is 5.95 Å². The first-order valence-corrected chi connectivity index (χ1v) is 5.89. The zero-order chi connectivity index (χ0) is 14.7. The molecule has 0 aliphatic heterocycles. The van der Waals surface area contributed by atoms with Crippen LogP contribution in [0.5, 0.6) is 5.75 Å². The largest absolute Gasteiger partial charge is 0.497 e. The van der Waals surface area contributed by atoms with E-state index in [9.17, 15) is 4.48 Å². The summed E-state index contributed by atoms with van der Waals surface area (Å²) in [5.41, 5.74) is 7.59. The van der Waals surface area contributed by atoms with Crippen LogP contribution in [0.3, 0.4) is 0 Å². The van der Waals surface area contributed by atoms with Gasteiger partial charge in [-0.2, -0.15) is 5.12 Å². The van der Waals surface area contributed by atoms with E-state index in [-0.39, 0.29) is 11.6 Å². The number of aromatic nitrogens is 2. The third kappa shape index (κ3) is 2.85. The Hall–Kier alpha value is -2.63. The molecule has 2 N–H and O–H groups in total. The molecule has 2 rings (SSSR count). The standard InChI is InChI=1S/C14H15FN4O/c1-9(16)12-8-13(18-14(17-12)19(2)15)10-5-4-6-11(7-10)20-3/h4-8H,1,16H2,2-3H3. The van der Waals surface area contributed by atoms with Crippen LogP contribution in [0, 0.1) is 0 Å². The Morgan fingerprint density at radius 3 is 2.70 bits per heavy atom. The Kier molecular flexibility index (Phi) is 3.84. The maximum absolute atomic E-state index is 13.3. The van der Waals surface area contributed by atoms with E-state index < -0.39 is 0 Å². The van der Waals surface area contributed by atoms with E-state index in [2.05, 4.69) is 16.5 Å². The number of nitrogens with two attached hydrogens (primary N) is 1. The van der Waals surface area contributed by atoms with Gasteiger partial charge in [0.15, 0.2) is 0 Å². The van der Waals surface area contributed by atoms with Gasteiger partial charge in [-0.3, -0.25) is 0 Å². The minimum atomic E-state index is -0.0769. The molecule has 0 fully saturated rings. The second kappa shape index (κ2) is 5.56. The number of hydrogen-bond acceptors (Lipinski definition) is 5. The van der Waals surface area contributed by atoms with E-state index in [0.717, 1.165) is 5.56 Å². The molecule has 0 radical (unpaired) electrons. The van der Waals surface area contributed by atoms with Gasteiger partial charge in [0.05, 0.1) is 24.2 Å². The lowest BCUT2D eigenvalue weighted by Gasteiger charge is -2.11. The molecule has 0 atom stereocenters. The highest BCUT2D eigenvalue weighted by Crippen LogP contribution is 2.25. The van der Waals surface area contributed by atoms with Crippen molar-refractivity contribution in [2.75, 3.05) is 19.3 Å². The molecule has 1 aromatic heterocycles. The molecule has 0 amide bonds. The molecule has 0 spiro atoms. The van der Waals surface area contributed by atoms with Gasteiger partial charge >= 0.3 is 0 Å². The Labute approximate surface area is 116 Å². The summed E-state index contributed by atoms with van der Waals surface area (Å²) in [5.74, 6) is 0.608. The fourth-order valence-corrected chi connectivity index (χ4v) is 1.67. The average molecular weight is 274 g/mol. The van der Waals surface area contributed by atoms with Crippen molar-refractivity contribution >= 4 is 11.6 Å². The summed E-state index contributed by atoms with van der Waals surface area (Å²) >= 11 is 0. The molecular formula is C14H15FN4O. The van der Waals surface area contributed by atoms with E-state index >= 15 is 0 Å². The zero-order valence-corrected chi connectivity index (χ0v) is 11.3. The summed E-state index contributed by atoms with van der Waals surface area (Å²) in [5, 5.41) is 0.329. The van der Waals surface area contributed by atoms with E-state index in [0.29, 0.717) is 22.3 Å². The Morgan fingerprint density at radius 2 is 2.10 bits per heavy atom. The molecule has 0 unspecified atom stereocenters.